The van der Waals surface area contributed by atoms with Crippen molar-refractivity contribution >= 4 is 15.7 Å². The van der Waals surface area contributed by atoms with E-state index in [0.29, 0.717) is 18.0 Å². The molecule has 0 unspecified atom stereocenters. The minimum atomic E-state index is -3.60. The number of rotatable bonds is 5. The molecular formula is C14H16N2O3S. The molecule has 0 saturated heterocycles. The summed E-state index contributed by atoms with van der Waals surface area (Å²) in [6.07, 6.45) is 3.06. The molecule has 0 aliphatic rings. The third-order valence-corrected chi connectivity index (χ3v) is 4.07. The molecule has 6 heteroatoms. The van der Waals surface area contributed by atoms with E-state index in [4.69, 9.17) is 4.74 Å². The van der Waals surface area contributed by atoms with Gasteiger partial charge in [0.25, 0.3) is 10.0 Å². The Balaban J connectivity index is 2.28. The van der Waals surface area contributed by atoms with Crippen molar-refractivity contribution in [2.75, 3.05) is 11.3 Å². The Labute approximate surface area is 118 Å². The van der Waals surface area contributed by atoms with E-state index in [9.17, 15) is 8.42 Å². The molecule has 0 fully saturated rings. The first kappa shape index (κ1) is 14.3. The molecule has 0 spiro atoms. The summed E-state index contributed by atoms with van der Waals surface area (Å²) in [7, 11) is -3.60. The quantitative estimate of drug-likeness (QED) is 0.919. The summed E-state index contributed by atoms with van der Waals surface area (Å²) in [5.41, 5.74) is 1.26. The Bertz CT molecular complexity index is 685. The van der Waals surface area contributed by atoms with Crippen molar-refractivity contribution in [2.45, 2.75) is 18.7 Å². The number of aromatic nitrogens is 1. The number of nitrogens with zero attached hydrogens (tertiary/aromatic N) is 1. The molecule has 0 aliphatic carbocycles. The topological polar surface area (TPSA) is 68.3 Å². The number of nitrogens with one attached hydrogen (secondary N) is 1. The molecule has 5 nitrogen and oxygen atoms in total. The Morgan fingerprint density at radius 2 is 1.90 bits per heavy atom. The molecule has 1 heterocycles. The van der Waals surface area contributed by atoms with Crippen LogP contribution in [0.4, 0.5) is 5.69 Å². The summed E-state index contributed by atoms with van der Waals surface area (Å²) < 4.78 is 32.4. The van der Waals surface area contributed by atoms with E-state index < -0.39 is 10.0 Å². The van der Waals surface area contributed by atoms with Gasteiger partial charge in [-0.3, -0.25) is 9.71 Å². The molecule has 0 amide bonds. The average molecular weight is 292 g/mol. The molecule has 0 aliphatic heterocycles. The van der Waals surface area contributed by atoms with Crippen molar-refractivity contribution in [2.24, 2.45) is 0 Å². The summed E-state index contributed by atoms with van der Waals surface area (Å²) in [5.74, 6) is 0.690. The van der Waals surface area contributed by atoms with E-state index >= 15 is 0 Å². The van der Waals surface area contributed by atoms with E-state index in [2.05, 4.69) is 9.71 Å². The zero-order chi connectivity index (χ0) is 14.6. The number of hydrogen-bond donors (Lipinski definition) is 1. The predicted molar refractivity (Wildman–Crippen MR) is 77.4 cm³/mol. The first-order chi connectivity index (χ1) is 9.53. The van der Waals surface area contributed by atoms with Crippen molar-refractivity contribution in [3.63, 3.8) is 0 Å². The molecule has 2 aromatic rings. The lowest BCUT2D eigenvalue weighted by molar-refractivity contribution is 0.337. The van der Waals surface area contributed by atoms with Gasteiger partial charge in [-0.1, -0.05) is 0 Å². The normalized spacial score (nSPS) is 11.1. The Morgan fingerprint density at radius 1 is 1.20 bits per heavy atom. The van der Waals surface area contributed by atoms with E-state index in [1.54, 1.807) is 24.3 Å². The van der Waals surface area contributed by atoms with Crippen LogP contribution in [-0.4, -0.2) is 20.0 Å². The molecule has 1 aromatic carbocycles. The number of aryl methyl sites for hydroxylation is 1. The maximum absolute atomic E-state index is 12.3. The second-order valence-electron chi connectivity index (χ2n) is 4.20. The van der Waals surface area contributed by atoms with Gasteiger partial charge in [-0.25, -0.2) is 8.42 Å². The molecular weight excluding hydrogens is 276 g/mol. The molecule has 0 atom stereocenters. The van der Waals surface area contributed by atoms with E-state index in [-0.39, 0.29) is 4.90 Å². The fraction of sp³-hybridized carbons (Fsp3) is 0.214. The number of benzene rings is 1. The van der Waals surface area contributed by atoms with Crippen LogP contribution in [0.5, 0.6) is 5.75 Å². The highest BCUT2D eigenvalue weighted by molar-refractivity contribution is 7.92. The van der Waals surface area contributed by atoms with Crippen LogP contribution in [0.1, 0.15) is 12.5 Å². The van der Waals surface area contributed by atoms with Crippen LogP contribution in [0.3, 0.4) is 0 Å². The highest BCUT2D eigenvalue weighted by Crippen LogP contribution is 2.23. The third-order valence-electron chi connectivity index (χ3n) is 2.69. The summed E-state index contributed by atoms with van der Waals surface area (Å²) in [6.45, 7) is 4.24. The number of anilines is 1. The number of pyridine rings is 1. The van der Waals surface area contributed by atoms with Gasteiger partial charge in [-0.15, -0.1) is 0 Å². The maximum Gasteiger partial charge on any atom is 0.261 e. The van der Waals surface area contributed by atoms with E-state index in [1.807, 2.05) is 13.8 Å². The van der Waals surface area contributed by atoms with Crippen molar-refractivity contribution in [1.82, 2.24) is 4.98 Å². The van der Waals surface area contributed by atoms with Gasteiger partial charge in [0.05, 0.1) is 17.2 Å². The van der Waals surface area contributed by atoms with Gasteiger partial charge in [0.1, 0.15) is 5.75 Å². The fourth-order valence-electron chi connectivity index (χ4n) is 1.74. The molecule has 0 bridgehead atoms. The van der Waals surface area contributed by atoms with Gasteiger partial charge in [0.2, 0.25) is 0 Å². The smallest absolute Gasteiger partial charge is 0.261 e. The van der Waals surface area contributed by atoms with Crippen molar-refractivity contribution < 1.29 is 13.2 Å². The van der Waals surface area contributed by atoms with Crippen molar-refractivity contribution in [1.29, 1.82) is 0 Å². The lowest BCUT2D eigenvalue weighted by Crippen LogP contribution is -2.13. The Hall–Kier alpha value is -2.08. The van der Waals surface area contributed by atoms with Gasteiger partial charge in [-0.2, -0.15) is 0 Å². The predicted octanol–water partition coefficient (Wildman–Crippen LogP) is 2.59. The van der Waals surface area contributed by atoms with E-state index in [0.717, 1.165) is 5.56 Å². The highest BCUT2D eigenvalue weighted by atomic mass is 32.2. The van der Waals surface area contributed by atoms with Crippen LogP contribution < -0.4 is 9.46 Å². The van der Waals surface area contributed by atoms with Crippen molar-refractivity contribution in [3.8, 4) is 5.75 Å². The standard InChI is InChI=1S/C14H16N2O3S/c1-3-19-14-5-4-13(10-11(14)2)20(17,18)16-12-6-8-15-9-7-12/h4-10H,3H2,1-2H3,(H,15,16). The summed E-state index contributed by atoms with van der Waals surface area (Å²) in [4.78, 5) is 4.05. The number of hydrogen-bond acceptors (Lipinski definition) is 4. The van der Waals surface area contributed by atoms with Gasteiger partial charge in [0, 0.05) is 12.4 Å². The van der Waals surface area contributed by atoms with Crippen molar-refractivity contribution in [3.05, 3.63) is 48.3 Å². The van der Waals surface area contributed by atoms with Crippen LogP contribution >= 0.6 is 0 Å². The Kier molecular flexibility index (Phi) is 4.24. The van der Waals surface area contributed by atoms with Gasteiger partial charge < -0.3 is 4.74 Å². The molecule has 1 N–H and O–H groups in total. The van der Waals surface area contributed by atoms with Crippen LogP contribution in [-0.2, 0) is 10.0 Å². The first-order valence-electron chi connectivity index (χ1n) is 6.19. The molecule has 0 radical (unpaired) electrons. The zero-order valence-electron chi connectivity index (χ0n) is 11.3. The SMILES string of the molecule is CCOc1ccc(S(=O)(=O)Nc2ccncc2)cc1C. The second kappa shape index (κ2) is 5.92. The minimum absolute atomic E-state index is 0.204. The molecule has 20 heavy (non-hydrogen) atoms. The number of ether oxygens (including phenoxy) is 1. The fourth-order valence-corrected chi connectivity index (χ4v) is 2.88. The lowest BCUT2D eigenvalue weighted by Gasteiger charge is -2.11. The maximum atomic E-state index is 12.3. The Morgan fingerprint density at radius 3 is 2.50 bits per heavy atom. The second-order valence-corrected chi connectivity index (χ2v) is 5.88. The summed E-state index contributed by atoms with van der Waals surface area (Å²) >= 11 is 0. The monoisotopic (exact) mass is 292 g/mol. The summed E-state index contributed by atoms with van der Waals surface area (Å²) in [5, 5.41) is 0. The molecule has 1 aromatic heterocycles. The van der Waals surface area contributed by atoms with Crippen LogP contribution in [0, 0.1) is 6.92 Å². The third kappa shape index (κ3) is 3.27. The lowest BCUT2D eigenvalue weighted by atomic mass is 10.2. The molecule has 2 rings (SSSR count). The molecule has 0 saturated carbocycles. The first-order valence-corrected chi connectivity index (χ1v) is 7.67. The molecule has 106 valence electrons. The largest absolute Gasteiger partial charge is 0.494 e. The van der Waals surface area contributed by atoms with Gasteiger partial charge >= 0.3 is 0 Å². The average Bonchev–Trinajstić information content (AvgIpc) is 2.42. The van der Waals surface area contributed by atoms with Crippen LogP contribution in [0.2, 0.25) is 0 Å². The van der Waals surface area contributed by atoms with Gasteiger partial charge in [0.15, 0.2) is 0 Å². The minimum Gasteiger partial charge on any atom is -0.494 e. The highest BCUT2D eigenvalue weighted by Gasteiger charge is 2.15. The van der Waals surface area contributed by atoms with Crippen LogP contribution in [0.15, 0.2) is 47.6 Å². The number of sulfonamides is 1. The summed E-state index contributed by atoms with van der Waals surface area (Å²) in [6, 6.07) is 7.98. The van der Waals surface area contributed by atoms with Gasteiger partial charge in [-0.05, 0) is 49.7 Å². The zero-order valence-corrected chi connectivity index (χ0v) is 12.1. The van der Waals surface area contributed by atoms with E-state index in [1.165, 1.54) is 18.5 Å². The van der Waals surface area contributed by atoms with Crippen LogP contribution in [0.25, 0.3) is 0 Å².